The number of likely N-dealkylation sites (N-methyl/N-ethyl adjacent to an activating group) is 1. The molecule has 0 radical (unpaired) electrons. The number of nitrogens with zero attached hydrogens (tertiary/aromatic N) is 1. The van der Waals surface area contributed by atoms with Crippen LogP contribution in [0.2, 0.25) is 0 Å². The van der Waals surface area contributed by atoms with Crippen molar-refractivity contribution in [1.82, 2.24) is 4.90 Å². The summed E-state index contributed by atoms with van der Waals surface area (Å²) in [7, 11) is 2.06. The molecule has 0 saturated heterocycles. The van der Waals surface area contributed by atoms with E-state index in [1.165, 1.54) is 0 Å². The van der Waals surface area contributed by atoms with Crippen molar-refractivity contribution in [2.24, 2.45) is 0 Å². The van der Waals surface area contributed by atoms with Crippen molar-refractivity contribution in [3.8, 4) is 0 Å². The maximum Gasteiger partial charge on any atom is 0.0936 e. The molecule has 0 saturated carbocycles. The van der Waals surface area contributed by atoms with Gasteiger partial charge in [0.15, 0.2) is 0 Å². The predicted octanol–water partition coefficient (Wildman–Crippen LogP) is 2.38. The fourth-order valence-electron chi connectivity index (χ4n) is 2.08. The molecule has 2 atom stereocenters. The van der Waals surface area contributed by atoms with Gasteiger partial charge in [-0.1, -0.05) is 25.1 Å². The third-order valence-electron chi connectivity index (χ3n) is 3.27. The Morgan fingerprint density at radius 3 is 2.61 bits per heavy atom. The zero-order valence-electron chi connectivity index (χ0n) is 11.5. The van der Waals surface area contributed by atoms with Crippen molar-refractivity contribution in [3.63, 3.8) is 0 Å². The highest BCUT2D eigenvalue weighted by Crippen LogP contribution is 2.21. The number of aliphatic hydroxyl groups excluding tert-OH is 1. The number of hydrogen-bond donors (Lipinski definition) is 2. The number of para-hydroxylation sites is 1. The first-order valence-electron chi connectivity index (χ1n) is 6.31. The predicted molar refractivity (Wildman–Crippen MR) is 80.9 cm³/mol. The van der Waals surface area contributed by atoms with E-state index in [2.05, 4.69) is 25.1 Å². The van der Waals surface area contributed by atoms with E-state index in [0.29, 0.717) is 18.3 Å². The van der Waals surface area contributed by atoms with Crippen LogP contribution in [-0.4, -0.2) is 41.6 Å². The average molecular weight is 268 g/mol. The lowest BCUT2D eigenvalue weighted by atomic mass is 10.1. The molecular formula is C14H24N2OS. The molecule has 2 unspecified atom stereocenters. The molecule has 3 nitrogen and oxygen atoms in total. The molecule has 102 valence electrons. The van der Waals surface area contributed by atoms with Crippen LogP contribution in [0.15, 0.2) is 24.3 Å². The minimum Gasteiger partial charge on any atom is -0.398 e. The molecule has 0 bridgehead atoms. The summed E-state index contributed by atoms with van der Waals surface area (Å²) in [5.74, 6) is 1.09. The van der Waals surface area contributed by atoms with Gasteiger partial charge in [-0.15, -0.1) is 0 Å². The summed E-state index contributed by atoms with van der Waals surface area (Å²) in [5.41, 5.74) is 7.37. The van der Waals surface area contributed by atoms with Gasteiger partial charge in [0.05, 0.1) is 6.10 Å². The van der Waals surface area contributed by atoms with Gasteiger partial charge in [0.25, 0.3) is 0 Å². The number of benzene rings is 1. The molecule has 0 spiro atoms. The quantitative estimate of drug-likeness (QED) is 0.746. The van der Waals surface area contributed by atoms with Crippen LogP contribution in [0.25, 0.3) is 0 Å². The Bertz CT molecular complexity index is 359. The summed E-state index contributed by atoms with van der Waals surface area (Å²) in [6.45, 7) is 2.80. The molecule has 0 fully saturated rings. The van der Waals surface area contributed by atoms with Crippen molar-refractivity contribution < 1.29 is 5.11 Å². The summed E-state index contributed by atoms with van der Waals surface area (Å²) in [5, 5.41) is 10.3. The Morgan fingerprint density at radius 1 is 1.39 bits per heavy atom. The summed E-state index contributed by atoms with van der Waals surface area (Å²) in [6, 6.07) is 8.02. The van der Waals surface area contributed by atoms with Gasteiger partial charge in [0.1, 0.15) is 0 Å². The van der Waals surface area contributed by atoms with Crippen LogP contribution in [0, 0.1) is 0 Å². The second-order valence-electron chi connectivity index (χ2n) is 4.60. The van der Waals surface area contributed by atoms with E-state index in [9.17, 15) is 5.11 Å². The largest absolute Gasteiger partial charge is 0.398 e. The van der Waals surface area contributed by atoms with Gasteiger partial charge in [0, 0.05) is 29.6 Å². The molecule has 1 aromatic rings. The molecule has 0 heterocycles. The van der Waals surface area contributed by atoms with Crippen LogP contribution in [0.4, 0.5) is 5.69 Å². The Labute approximate surface area is 114 Å². The molecule has 0 amide bonds. The van der Waals surface area contributed by atoms with Crippen molar-refractivity contribution in [3.05, 3.63) is 29.8 Å². The monoisotopic (exact) mass is 268 g/mol. The molecule has 1 rings (SSSR count). The second-order valence-corrected chi connectivity index (χ2v) is 5.51. The number of nitrogen functional groups attached to an aromatic ring is 1. The van der Waals surface area contributed by atoms with Crippen LogP contribution in [-0.2, 0) is 0 Å². The summed E-state index contributed by atoms with van der Waals surface area (Å²) in [4.78, 5) is 2.22. The number of thioether (sulfide) groups is 1. The van der Waals surface area contributed by atoms with E-state index >= 15 is 0 Å². The van der Waals surface area contributed by atoms with Crippen molar-refractivity contribution in [2.75, 3.05) is 31.3 Å². The summed E-state index contributed by atoms with van der Waals surface area (Å²) >= 11 is 1.84. The Balaban J connectivity index is 2.64. The fraction of sp³-hybridized carbons (Fsp3) is 0.571. The summed E-state index contributed by atoms with van der Waals surface area (Å²) in [6.07, 6.45) is 2.68. The Hall–Kier alpha value is -0.710. The van der Waals surface area contributed by atoms with Gasteiger partial charge in [-0.3, -0.25) is 4.90 Å². The highest BCUT2D eigenvalue weighted by atomic mass is 32.2. The van der Waals surface area contributed by atoms with E-state index in [4.69, 9.17) is 5.73 Å². The molecule has 0 aliphatic rings. The SMILES string of the molecule is CCC(CSC)N(C)CC(O)c1ccccc1N. The van der Waals surface area contributed by atoms with Gasteiger partial charge < -0.3 is 10.8 Å². The van der Waals surface area contributed by atoms with E-state index < -0.39 is 6.10 Å². The smallest absolute Gasteiger partial charge is 0.0936 e. The highest BCUT2D eigenvalue weighted by Gasteiger charge is 2.18. The summed E-state index contributed by atoms with van der Waals surface area (Å²) < 4.78 is 0. The van der Waals surface area contributed by atoms with E-state index in [1.54, 1.807) is 0 Å². The Morgan fingerprint density at radius 2 is 2.06 bits per heavy atom. The number of nitrogens with two attached hydrogens (primary N) is 1. The van der Waals surface area contributed by atoms with Crippen molar-refractivity contribution >= 4 is 17.4 Å². The molecule has 0 aliphatic heterocycles. The van der Waals surface area contributed by atoms with E-state index in [0.717, 1.165) is 17.7 Å². The number of aliphatic hydroxyl groups is 1. The zero-order chi connectivity index (χ0) is 13.5. The highest BCUT2D eigenvalue weighted by molar-refractivity contribution is 7.98. The molecule has 1 aromatic carbocycles. The van der Waals surface area contributed by atoms with Crippen molar-refractivity contribution in [1.29, 1.82) is 0 Å². The van der Waals surface area contributed by atoms with Crippen LogP contribution in [0.5, 0.6) is 0 Å². The van der Waals surface area contributed by atoms with Gasteiger partial charge in [0.2, 0.25) is 0 Å². The third kappa shape index (κ3) is 4.19. The third-order valence-corrected chi connectivity index (χ3v) is 3.99. The maximum absolute atomic E-state index is 10.3. The zero-order valence-corrected chi connectivity index (χ0v) is 12.3. The molecule has 0 aliphatic carbocycles. The molecule has 0 aromatic heterocycles. The first-order chi connectivity index (χ1) is 8.60. The van der Waals surface area contributed by atoms with Crippen LogP contribution in [0.3, 0.4) is 0 Å². The minimum absolute atomic E-state index is 0.500. The van der Waals surface area contributed by atoms with Crippen molar-refractivity contribution in [2.45, 2.75) is 25.5 Å². The number of hydrogen-bond acceptors (Lipinski definition) is 4. The first-order valence-corrected chi connectivity index (χ1v) is 7.71. The van der Waals surface area contributed by atoms with Gasteiger partial charge >= 0.3 is 0 Å². The minimum atomic E-state index is -0.521. The van der Waals surface area contributed by atoms with Gasteiger partial charge in [-0.05, 0) is 25.8 Å². The lowest BCUT2D eigenvalue weighted by Crippen LogP contribution is -2.36. The lowest BCUT2D eigenvalue weighted by molar-refractivity contribution is 0.109. The lowest BCUT2D eigenvalue weighted by Gasteiger charge is -2.29. The number of anilines is 1. The number of rotatable bonds is 7. The van der Waals surface area contributed by atoms with Crippen LogP contribution in [0.1, 0.15) is 25.0 Å². The first kappa shape index (κ1) is 15.3. The average Bonchev–Trinajstić information content (AvgIpc) is 2.36. The molecule has 18 heavy (non-hydrogen) atoms. The van der Waals surface area contributed by atoms with Crippen LogP contribution < -0.4 is 5.73 Å². The molecule has 3 N–H and O–H groups in total. The second kappa shape index (κ2) is 7.67. The van der Waals surface area contributed by atoms with Crippen LogP contribution >= 0.6 is 11.8 Å². The van der Waals surface area contributed by atoms with E-state index in [-0.39, 0.29) is 0 Å². The Kier molecular flexibility index (Phi) is 6.54. The normalized spacial score (nSPS) is 14.7. The molecular weight excluding hydrogens is 244 g/mol. The topological polar surface area (TPSA) is 49.5 Å². The van der Waals surface area contributed by atoms with E-state index in [1.807, 2.05) is 36.0 Å². The molecule has 4 heteroatoms. The standard InChI is InChI=1S/C14H24N2OS/c1-4-11(10-18-3)16(2)9-14(17)12-7-5-6-8-13(12)15/h5-8,11,14,17H,4,9-10,15H2,1-3H3. The fourth-order valence-corrected chi connectivity index (χ4v) is 2.96. The maximum atomic E-state index is 10.3. The van der Waals surface area contributed by atoms with Gasteiger partial charge in [-0.25, -0.2) is 0 Å². The van der Waals surface area contributed by atoms with Gasteiger partial charge in [-0.2, -0.15) is 11.8 Å².